The van der Waals surface area contributed by atoms with Crippen LogP contribution in [0.1, 0.15) is 25.8 Å². The number of morpholine rings is 1. The maximum Gasteiger partial charge on any atom is 0.475 e. The standard InChI is InChI=1S/C27H33BF2N4O7/c1-26(2,33-7-9-39-10-8-33)12-19(14-31)24(35)34-17-27(29,30)13-20(34)16-41-25(36)32-23(28(37)38)11-18-15-40-22-6-4-3-5-21(18)22/h3-6,12,15,20,23,37-38H,7-11,13,16-17H2,1-2H3,(H,32,36)/b19-12+/t20-,23+/m1/s1. The summed E-state index contributed by atoms with van der Waals surface area (Å²) in [7, 11) is -1.96. The number of furan rings is 1. The predicted octanol–water partition coefficient (Wildman–Crippen LogP) is 1.88. The zero-order chi connectivity index (χ0) is 29.8. The van der Waals surface area contributed by atoms with E-state index in [1.807, 2.05) is 24.8 Å². The highest BCUT2D eigenvalue weighted by Gasteiger charge is 2.48. The van der Waals surface area contributed by atoms with E-state index in [-0.39, 0.29) is 12.0 Å². The summed E-state index contributed by atoms with van der Waals surface area (Å²) in [6.45, 7) is 4.31. The van der Waals surface area contributed by atoms with E-state index >= 15 is 0 Å². The van der Waals surface area contributed by atoms with Gasteiger partial charge in [0.1, 0.15) is 23.8 Å². The molecule has 2 fully saturated rings. The summed E-state index contributed by atoms with van der Waals surface area (Å²) < 4.78 is 44.8. The molecule has 41 heavy (non-hydrogen) atoms. The van der Waals surface area contributed by atoms with Gasteiger partial charge >= 0.3 is 13.2 Å². The molecule has 2 aliphatic heterocycles. The van der Waals surface area contributed by atoms with Crippen molar-refractivity contribution in [3.05, 3.63) is 47.7 Å². The highest BCUT2D eigenvalue weighted by Crippen LogP contribution is 2.33. The average Bonchev–Trinajstić information content (AvgIpc) is 3.49. The van der Waals surface area contributed by atoms with E-state index in [0.717, 1.165) is 10.3 Å². The Balaban J connectivity index is 1.41. The van der Waals surface area contributed by atoms with Crippen LogP contribution in [0.5, 0.6) is 0 Å². The molecule has 4 rings (SSSR count). The summed E-state index contributed by atoms with van der Waals surface area (Å²) in [4.78, 5) is 28.7. The van der Waals surface area contributed by atoms with Crippen LogP contribution in [0.4, 0.5) is 13.6 Å². The van der Waals surface area contributed by atoms with E-state index in [1.165, 1.54) is 12.3 Å². The molecule has 0 bridgehead atoms. The van der Waals surface area contributed by atoms with Gasteiger partial charge in [-0.2, -0.15) is 5.26 Å². The molecule has 3 N–H and O–H groups in total. The second-order valence-corrected chi connectivity index (χ2v) is 10.8. The first kappa shape index (κ1) is 30.5. The Labute approximate surface area is 236 Å². The number of para-hydroxylation sites is 1. The zero-order valence-electron chi connectivity index (χ0n) is 22.9. The summed E-state index contributed by atoms with van der Waals surface area (Å²) in [5.74, 6) is -5.32. The fraction of sp³-hybridized carbons (Fsp3) is 0.519. The van der Waals surface area contributed by atoms with Gasteiger partial charge in [-0.3, -0.25) is 9.69 Å². The minimum Gasteiger partial charge on any atom is -0.464 e. The SMILES string of the molecule is CC(C)(/C=C(\C#N)C(=O)N1CC(F)(F)C[C@@H]1COC(=O)N[C@@H](Cc1coc2ccccc12)B(O)O)N1CCOCC1. The third-order valence-corrected chi connectivity index (χ3v) is 7.38. The quantitative estimate of drug-likeness (QED) is 0.232. The highest BCUT2D eigenvalue weighted by atomic mass is 19.3. The van der Waals surface area contributed by atoms with Crippen LogP contribution < -0.4 is 5.32 Å². The number of fused-ring (bicyclic) bond motifs is 1. The summed E-state index contributed by atoms with van der Waals surface area (Å²) in [6, 6.07) is 7.74. The number of halogens is 2. The lowest BCUT2D eigenvalue weighted by Gasteiger charge is -2.39. The Hall–Kier alpha value is -3.51. The number of alkyl carbamates (subject to hydrolysis) is 1. The van der Waals surface area contributed by atoms with Crippen molar-refractivity contribution < 1.29 is 42.3 Å². The predicted molar refractivity (Wildman–Crippen MR) is 144 cm³/mol. The van der Waals surface area contributed by atoms with Crippen molar-refractivity contribution in [2.75, 3.05) is 39.5 Å². The molecule has 0 radical (unpaired) electrons. The zero-order valence-corrected chi connectivity index (χ0v) is 22.9. The molecule has 0 spiro atoms. The first-order valence-electron chi connectivity index (χ1n) is 13.3. The summed E-state index contributed by atoms with van der Waals surface area (Å²) in [5, 5.41) is 32.4. The number of hydrogen-bond donors (Lipinski definition) is 3. The first-order valence-corrected chi connectivity index (χ1v) is 13.3. The molecule has 0 aliphatic carbocycles. The maximum atomic E-state index is 14.4. The van der Waals surface area contributed by atoms with E-state index in [9.17, 15) is 33.7 Å². The van der Waals surface area contributed by atoms with Crippen molar-refractivity contribution in [2.45, 2.75) is 50.1 Å². The fourth-order valence-electron chi connectivity index (χ4n) is 5.19. The molecule has 2 aromatic rings. The van der Waals surface area contributed by atoms with Crippen molar-refractivity contribution in [2.24, 2.45) is 0 Å². The second kappa shape index (κ2) is 12.6. The topological polar surface area (TPSA) is 148 Å². The first-order chi connectivity index (χ1) is 19.4. The Morgan fingerprint density at radius 3 is 2.71 bits per heavy atom. The lowest BCUT2D eigenvalue weighted by atomic mass is 9.76. The number of hydrogen-bond acceptors (Lipinski definition) is 9. The molecular formula is C27H33BF2N4O7. The molecule has 1 aromatic heterocycles. The number of likely N-dealkylation sites (tertiary alicyclic amines) is 1. The van der Waals surface area contributed by atoms with Crippen LogP contribution in [0.25, 0.3) is 11.0 Å². The van der Waals surface area contributed by atoms with Gasteiger partial charge in [0.2, 0.25) is 0 Å². The number of alkyl halides is 2. The minimum atomic E-state index is -3.24. The molecule has 2 aliphatic rings. The molecule has 11 nitrogen and oxygen atoms in total. The van der Waals surface area contributed by atoms with Crippen molar-refractivity contribution in [1.82, 2.24) is 15.1 Å². The molecule has 2 amide bonds. The highest BCUT2D eigenvalue weighted by molar-refractivity contribution is 6.43. The molecule has 14 heteroatoms. The Morgan fingerprint density at radius 1 is 1.32 bits per heavy atom. The molecule has 2 saturated heterocycles. The number of carbonyl (C=O) groups is 2. The fourth-order valence-corrected chi connectivity index (χ4v) is 5.19. The van der Waals surface area contributed by atoms with Crippen LogP contribution in [0.3, 0.4) is 0 Å². The smallest absolute Gasteiger partial charge is 0.464 e. The third kappa shape index (κ3) is 7.42. The number of benzene rings is 1. The van der Waals surface area contributed by atoms with Gasteiger partial charge in [0.15, 0.2) is 0 Å². The molecule has 0 unspecified atom stereocenters. The monoisotopic (exact) mass is 574 g/mol. The average molecular weight is 574 g/mol. The van der Waals surface area contributed by atoms with Gasteiger partial charge < -0.3 is 34.2 Å². The number of nitrogens with zero attached hydrogens (tertiary/aromatic N) is 3. The second-order valence-electron chi connectivity index (χ2n) is 10.8. The number of nitriles is 1. The van der Waals surface area contributed by atoms with Crippen LogP contribution in [-0.2, 0) is 20.7 Å². The summed E-state index contributed by atoms with van der Waals surface area (Å²) in [6.07, 6.45) is 1.06. The maximum absolute atomic E-state index is 14.4. The summed E-state index contributed by atoms with van der Waals surface area (Å²) in [5.41, 5.74) is 0.202. The van der Waals surface area contributed by atoms with E-state index in [0.29, 0.717) is 37.4 Å². The van der Waals surface area contributed by atoms with Gasteiger partial charge in [-0.25, -0.2) is 13.6 Å². The molecule has 2 atom stereocenters. The number of rotatable bonds is 9. The molecule has 220 valence electrons. The van der Waals surface area contributed by atoms with Crippen molar-refractivity contribution in [3.63, 3.8) is 0 Å². The van der Waals surface area contributed by atoms with E-state index < -0.39 is 62.1 Å². The number of ether oxygens (including phenoxy) is 2. The van der Waals surface area contributed by atoms with Crippen LogP contribution in [0, 0.1) is 11.3 Å². The van der Waals surface area contributed by atoms with Crippen molar-refractivity contribution in [3.8, 4) is 6.07 Å². The third-order valence-electron chi connectivity index (χ3n) is 7.38. The van der Waals surface area contributed by atoms with Gasteiger partial charge in [0.25, 0.3) is 11.8 Å². The van der Waals surface area contributed by atoms with E-state index in [2.05, 4.69) is 5.32 Å². The number of nitrogens with one attached hydrogen (secondary N) is 1. The lowest BCUT2D eigenvalue weighted by molar-refractivity contribution is -0.129. The lowest BCUT2D eigenvalue weighted by Crippen LogP contribution is -2.49. The van der Waals surface area contributed by atoms with Crippen LogP contribution in [0.2, 0.25) is 0 Å². The van der Waals surface area contributed by atoms with Crippen LogP contribution in [-0.4, -0.2) is 102 Å². The molecule has 0 saturated carbocycles. The van der Waals surface area contributed by atoms with Crippen molar-refractivity contribution >= 4 is 30.1 Å². The van der Waals surface area contributed by atoms with Gasteiger partial charge in [0.05, 0.1) is 38.0 Å². The largest absolute Gasteiger partial charge is 0.475 e. The van der Waals surface area contributed by atoms with Crippen molar-refractivity contribution in [1.29, 1.82) is 5.26 Å². The van der Waals surface area contributed by atoms with Gasteiger partial charge in [-0.15, -0.1) is 0 Å². The summed E-state index contributed by atoms with van der Waals surface area (Å²) >= 11 is 0. The molecular weight excluding hydrogens is 541 g/mol. The number of amides is 2. The van der Waals surface area contributed by atoms with E-state index in [4.69, 9.17) is 13.9 Å². The minimum absolute atomic E-state index is 0.00879. The van der Waals surface area contributed by atoms with Gasteiger partial charge in [0, 0.05) is 30.4 Å². The Kier molecular flexibility index (Phi) is 9.33. The van der Waals surface area contributed by atoms with E-state index in [1.54, 1.807) is 24.3 Å². The van der Waals surface area contributed by atoms with Gasteiger partial charge in [-0.05, 0) is 38.0 Å². The van der Waals surface area contributed by atoms with Crippen LogP contribution in [0.15, 0.2) is 46.6 Å². The Bertz CT molecular complexity index is 1320. The molecule has 1 aromatic carbocycles. The van der Waals surface area contributed by atoms with Crippen LogP contribution >= 0.6 is 0 Å². The molecule has 3 heterocycles. The number of carbonyl (C=O) groups excluding carboxylic acids is 2. The van der Waals surface area contributed by atoms with Gasteiger partial charge in [-0.1, -0.05) is 18.2 Å². The normalized spacial score (nSPS) is 20.5. The Morgan fingerprint density at radius 2 is 2.02 bits per heavy atom.